The van der Waals surface area contributed by atoms with Gasteiger partial charge in [-0.15, -0.1) is 0 Å². The van der Waals surface area contributed by atoms with E-state index in [4.69, 9.17) is 5.73 Å². The summed E-state index contributed by atoms with van der Waals surface area (Å²) in [5.74, 6) is 0. The SMILES string of the molecule is CC1(C)C(O)CC1NS(=O)(=O)c1ccc(N)cc1Br. The Balaban J connectivity index is 2.25. The molecule has 0 heterocycles. The summed E-state index contributed by atoms with van der Waals surface area (Å²) in [5, 5.41) is 9.64. The lowest BCUT2D eigenvalue weighted by Crippen LogP contribution is -2.61. The number of benzene rings is 1. The van der Waals surface area contributed by atoms with Crippen molar-refractivity contribution in [3.63, 3.8) is 0 Å². The zero-order valence-corrected chi connectivity index (χ0v) is 13.1. The second-order valence-electron chi connectivity index (χ2n) is 5.44. The van der Waals surface area contributed by atoms with Gasteiger partial charge >= 0.3 is 0 Å². The van der Waals surface area contributed by atoms with Crippen LogP contribution in [-0.4, -0.2) is 25.7 Å². The van der Waals surface area contributed by atoms with Crippen molar-refractivity contribution in [3.05, 3.63) is 22.7 Å². The molecule has 1 aromatic rings. The summed E-state index contributed by atoms with van der Waals surface area (Å²) in [6.07, 6.45) is -0.0474. The smallest absolute Gasteiger partial charge is 0.241 e. The van der Waals surface area contributed by atoms with Crippen LogP contribution in [0.3, 0.4) is 0 Å². The summed E-state index contributed by atoms with van der Waals surface area (Å²) in [4.78, 5) is 0.152. The van der Waals surface area contributed by atoms with Crippen LogP contribution in [0.5, 0.6) is 0 Å². The monoisotopic (exact) mass is 348 g/mol. The van der Waals surface area contributed by atoms with Crippen molar-refractivity contribution in [2.75, 3.05) is 5.73 Å². The fourth-order valence-corrected chi connectivity index (χ4v) is 4.59. The third-order valence-corrected chi connectivity index (χ3v) is 6.21. The van der Waals surface area contributed by atoms with Gasteiger partial charge in [0.2, 0.25) is 10.0 Å². The third kappa shape index (κ3) is 2.65. The topological polar surface area (TPSA) is 92.4 Å². The minimum Gasteiger partial charge on any atom is -0.399 e. The Morgan fingerprint density at radius 3 is 2.58 bits per heavy atom. The molecular weight excluding hydrogens is 332 g/mol. The lowest BCUT2D eigenvalue weighted by Gasteiger charge is -2.49. The molecule has 2 atom stereocenters. The highest BCUT2D eigenvalue weighted by Gasteiger charge is 2.49. The molecule has 1 fully saturated rings. The van der Waals surface area contributed by atoms with E-state index in [1.165, 1.54) is 6.07 Å². The molecule has 19 heavy (non-hydrogen) atoms. The van der Waals surface area contributed by atoms with Crippen molar-refractivity contribution in [3.8, 4) is 0 Å². The lowest BCUT2D eigenvalue weighted by molar-refractivity contribution is -0.0645. The highest BCUT2D eigenvalue weighted by Crippen LogP contribution is 2.41. The average molecular weight is 349 g/mol. The number of anilines is 1. The van der Waals surface area contributed by atoms with Gasteiger partial charge < -0.3 is 10.8 Å². The van der Waals surface area contributed by atoms with Crippen molar-refractivity contribution >= 4 is 31.6 Å². The minimum atomic E-state index is -3.63. The Bertz CT molecular complexity index is 601. The van der Waals surface area contributed by atoms with E-state index in [1.54, 1.807) is 12.1 Å². The predicted molar refractivity (Wildman–Crippen MR) is 77.1 cm³/mol. The molecule has 0 radical (unpaired) electrons. The molecule has 1 aliphatic rings. The van der Waals surface area contributed by atoms with Crippen molar-refractivity contribution in [1.29, 1.82) is 0 Å². The highest BCUT2D eigenvalue weighted by molar-refractivity contribution is 9.10. The largest absolute Gasteiger partial charge is 0.399 e. The number of sulfonamides is 1. The number of aliphatic hydroxyl groups excluding tert-OH is 1. The molecule has 2 unspecified atom stereocenters. The average Bonchev–Trinajstić information content (AvgIpc) is 2.27. The van der Waals surface area contributed by atoms with E-state index in [1.807, 2.05) is 13.8 Å². The van der Waals surface area contributed by atoms with Crippen LogP contribution in [0.2, 0.25) is 0 Å². The fraction of sp³-hybridized carbons (Fsp3) is 0.500. The van der Waals surface area contributed by atoms with Gasteiger partial charge in [0.15, 0.2) is 0 Å². The van der Waals surface area contributed by atoms with Gasteiger partial charge in [0.1, 0.15) is 0 Å². The zero-order valence-electron chi connectivity index (χ0n) is 10.7. The molecule has 1 aromatic carbocycles. The van der Waals surface area contributed by atoms with Gasteiger partial charge in [-0.3, -0.25) is 0 Å². The molecular formula is C12H17BrN2O3S. The maximum absolute atomic E-state index is 12.3. The predicted octanol–water partition coefficient (Wildman–Crippen LogP) is 1.47. The summed E-state index contributed by atoms with van der Waals surface area (Å²) in [7, 11) is -3.63. The second-order valence-corrected chi connectivity index (χ2v) is 7.97. The van der Waals surface area contributed by atoms with Gasteiger partial charge in [-0.25, -0.2) is 13.1 Å². The number of halogens is 1. The van der Waals surface area contributed by atoms with Crippen molar-refractivity contribution < 1.29 is 13.5 Å². The van der Waals surface area contributed by atoms with Crippen LogP contribution in [-0.2, 0) is 10.0 Å². The Kier molecular flexibility index (Phi) is 3.68. The molecule has 1 saturated carbocycles. The third-order valence-electron chi connectivity index (χ3n) is 3.76. The Morgan fingerprint density at radius 1 is 1.47 bits per heavy atom. The van der Waals surface area contributed by atoms with Gasteiger partial charge in [0.25, 0.3) is 0 Å². The first-order valence-electron chi connectivity index (χ1n) is 5.90. The number of nitrogen functional groups attached to an aromatic ring is 1. The zero-order chi connectivity index (χ0) is 14.4. The van der Waals surface area contributed by atoms with Crippen molar-refractivity contribution in [2.24, 2.45) is 5.41 Å². The van der Waals surface area contributed by atoms with Crippen LogP contribution in [0.25, 0.3) is 0 Å². The normalized spacial score (nSPS) is 25.9. The van der Waals surface area contributed by atoms with Gasteiger partial charge in [0, 0.05) is 21.6 Å². The summed E-state index contributed by atoms with van der Waals surface area (Å²) >= 11 is 3.20. The van der Waals surface area contributed by atoms with E-state index < -0.39 is 21.5 Å². The van der Waals surface area contributed by atoms with Gasteiger partial charge in [-0.2, -0.15) is 0 Å². The van der Waals surface area contributed by atoms with Gasteiger partial charge in [-0.1, -0.05) is 13.8 Å². The highest BCUT2D eigenvalue weighted by atomic mass is 79.9. The first-order valence-corrected chi connectivity index (χ1v) is 8.17. The Hall–Kier alpha value is -0.630. The van der Waals surface area contributed by atoms with Crippen LogP contribution in [0, 0.1) is 5.41 Å². The molecule has 2 rings (SSSR count). The summed E-state index contributed by atoms with van der Waals surface area (Å²) in [6.45, 7) is 3.68. The Labute approximate surface area is 121 Å². The maximum atomic E-state index is 12.3. The molecule has 0 spiro atoms. The molecule has 4 N–H and O–H groups in total. The summed E-state index contributed by atoms with van der Waals surface area (Å²) < 4.78 is 27.7. The van der Waals surface area contributed by atoms with E-state index in [0.29, 0.717) is 16.6 Å². The maximum Gasteiger partial charge on any atom is 0.241 e. The standard InChI is InChI=1S/C12H17BrN2O3S/c1-12(2)10(6-11(12)16)15-19(17,18)9-4-3-7(14)5-8(9)13/h3-5,10-11,15-16H,6,14H2,1-2H3. The number of hydrogen-bond acceptors (Lipinski definition) is 4. The number of aliphatic hydroxyl groups is 1. The number of rotatable bonds is 3. The summed E-state index contributed by atoms with van der Waals surface area (Å²) in [6, 6.07) is 4.29. The van der Waals surface area contributed by atoms with Crippen LogP contribution >= 0.6 is 15.9 Å². The first-order chi connectivity index (χ1) is 8.64. The Morgan fingerprint density at radius 2 is 2.11 bits per heavy atom. The molecule has 7 heteroatoms. The van der Waals surface area contributed by atoms with Gasteiger partial charge in [-0.05, 0) is 40.5 Å². The van der Waals surface area contributed by atoms with Crippen LogP contribution in [0.4, 0.5) is 5.69 Å². The molecule has 5 nitrogen and oxygen atoms in total. The van der Waals surface area contributed by atoms with E-state index in [9.17, 15) is 13.5 Å². The quantitative estimate of drug-likeness (QED) is 0.721. The van der Waals surface area contributed by atoms with Gasteiger partial charge in [0.05, 0.1) is 11.0 Å². The molecule has 0 aliphatic heterocycles. The minimum absolute atomic E-state index is 0.152. The van der Waals surface area contributed by atoms with Crippen LogP contribution in [0.15, 0.2) is 27.6 Å². The molecule has 1 aliphatic carbocycles. The van der Waals surface area contributed by atoms with Crippen LogP contribution in [0.1, 0.15) is 20.3 Å². The lowest BCUT2D eigenvalue weighted by atomic mass is 9.65. The van der Waals surface area contributed by atoms with E-state index in [-0.39, 0.29) is 10.9 Å². The van der Waals surface area contributed by atoms with E-state index >= 15 is 0 Å². The van der Waals surface area contributed by atoms with E-state index in [0.717, 1.165) is 0 Å². The number of hydrogen-bond donors (Lipinski definition) is 3. The molecule has 0 bridgehead atoms. The molecule has 0 aromatic heterocycles. The fourth-order valence-electron chi connectivity index (χ4n) is 2.09. The second kappa shape index (κ2) is 4.73. The summed E-state index contributed by atoms with van der Waals surface area (Å²) in [5.41, 5.74) is 5.63. The first kappa shape index (κ1) is 14.8. The molecule has 0 amide bonds. The van der Waals surface area contributed by atoms with Crippen LogP contribution < -0.4 is 10.5 Å². The number of nitrogens with two attached hydrogens (primary N) is 1. The van der Waals surface area contributed by atoms with Crippen molar-refractivity contribution in [1.82, 2.24) is 4.72 Å². The van der Waals surface area contributed by atoms with Crippen molar-refractivity contribution in [2.45, 2.75) is 37.3 Å². The van der Waals surface area contributed by atoms with E-state index in [2.05, 4.69) is 20.7 Å². The molecule has 0 saturated heterocycles. The molecule has 106 valence electrons. The number of nitrogens with one attached hydrogen (secondary N) is 1.